The van der Waals surface area contributed by atoms with Crippen LogP contribution in [-0.4, -0.2) is 21.9 Å². The van der Waals surface area contributed by atoms with Gasteiger partial charge in [-0.15, -0.1) is 0 Å². The molecule has 1 heterocycles. The number of hydrogen-bond acceptors (Lipinski definition) is 5. The van der Waals surface area contributed by atoms with Gasteiger partial charge in [0.05, 0.1) is 11.2 Å². The summed E-state index contributed by atoms with van der Waals surface area (Å²) in [4.78, 5) is 22.5. The fourth-order valence-electron chi connectivity index (χ4n) is 4.24. The molecule has 6 heteroatoms. The normalized spacial score (nSPS) is 13.7. The van der Waals surface area contributed by atoms with E-state index in [-0.39, 0.29) is 5.91 Å². The Morgan fingerprint density at radius 2 is 1.82 bits per heavy atom. The van der Waals surface area contributed by atoms with E-state index in [1.165, 1.54) is 18.4 Å². The van der Waals surface area contributed by atoms with Gasteiger partial charge < -0.3 is 16.0 Å². The van der Waals surface area contributed by atoms with E-state index in [0.717, 1.165) is 45.7 Å². The predicted octanol–water partition coefficient (Wildman–Crippen LogP) is 7.17. The number of hydrogen-bond donors (Lipinski definition) is 3. The molecule has 1 aliphatic rings. The summed E-state index contributed by atoms with van der Waals surface area (Å²) in [5.74, 6) is 0.373. The smallest absolute Gasteiger partial charge is 0.255 e. The van der Waals surface area contributed by atoms with Gasteiger partial charge in [0.1, 0.15) is 0 Å². The van der Waals surface area contributed by atoms with Gasteiger partial charge in [-0.3, -0.25) is 4.79 Å². The molecule has 0 unspecified atom stereocenters. The molecule has 5 rings (SSSR count). The number of amides is 1. The summed E-state index contributed by atoms with van der Waals surface area (Å²) < 4.78 is 0. The quantitative estimate of drug-likeness (QED) is 0.211. The summed E-state index contributed by atoms with van der Waals surface area (Å²) in [6.45, 7) is 6.86. The van der Waals surface area contributed by atoms with Gasteiger partial charge in [0.2, 0.25) is 5.95 Å². The molecule has 4 aromatic rings. The molecule has 192 valence electrons. The van der Waals surface area contributed by atoms with Gasteiger partial charge in [0.25, 0.3) is 5.91 Å². The molecule has 1 amide bonds. The number of aryl methyl sites for hydroxylation is 1. The second-order valence-electron chi connectivity index (χ2n) is 9.75. The number of para-hydroxylation sites is 1. The van der Waals surface area contributed by atoms with Crippen LogP contribution >= 0.6 is 0 Å². The minimum Gasteiger partial charge on any atom is -0.324 e. The van der Waals surface area contributed by atoms with E-state index in [4.69, 9.17) is 9.97 Å². The minimum absolute atomic E-state index is 0.138. The molecule has 0 aliphatic heterocycles. The molecule has 1 fully saturated rings. The predicted molar refractivity (Wildman–Crippen MR) is 157 cm³/mol. The van der Waals surface area contributed by atoms with E-state index in [9.17, 15) is 4.79 Å². The average molecular weight is 504 g/mol. The van der Waals surface area contributed by atoms with Crippen molar-refractivity contribution in [1.82, 2.24) is 15.3 Å². The van der Waals surface area contributed by atoms with Crippen molar-refractivity contribution in [2.75, 3.05) is 10.6 Å². The average Bonchev–Trinajstić information content (AvgIpc) is 3.77. The zero-order valence-electron chi connectivity index (χ0n) is 22.1. The number of nitrogens with one attached hydrogen (secondary N) is 3. The van der Waals surface area contributed by atoms with E-state index in [0.29, 0.717) is 17.6 Å². The maximum atomic E-state index is 13.0. The van der Waals surface area contributed by atoms with Crippen LogP contribution in [-0.2, 0) is 6.54 Å². The number of carbonyl (C=O) groups is 1. The topological polar surface area (TPSA) is 78.9 Å². The molecule has 0 radical (unpaired) electrons. The highest BCUT2D eigenvalue weighted by Crippen LogP contribution is 2.26. The van der Waals surface area contributed by atoms with Crippen LogP contribution in [0.15, 0.2) is 85.0 Å². The van der Waals surface area contributed by atoms with Gasteiger partial charge >= 0.3 is 0 Å². The fraction of sp³-hybridized carbons (Fsp3) is 0.219. The number of rotatable bonds is 9. The molecule has 3 N–H and O–H groups in total. The molecular formula is C32H33N5O. The molecular weight excluding hydrogens is 470 g/mol. The second-order valence-corrected chi connectivity index (χ2v) is 9.75. The summed E-state index contributed by atoms with van der Waals surface area (Å²) in [5, 5.41) is 10.9. The first-order valence-electron chi connectivity index (χ1n) is 13.1. The fourth-order valence-corrected chi connectivity index (χ4v) is 4.24. The lowest BCUT2D eigenvalue weighted by molar-refractivity contribution is 0.102. The second kappa shape index (κ2) is 11.4. The third-order valence-electron chi connectivity index (χ3n) is 6.64. The molecule has 0 spiro atoms. The number of carbonyl (C=O) groups excluding carboxylic acids is 1. The van der Waals surface area contributed by atoms with Gasteiger partial charge in [0.15, 0.2) is 0 Å². The van der Waals surface area contributed by atoms with Crippen molar-refractivity contribution in [2.45, 2.75) is 46.2 Å². The van der Waals surface area contributed by atoms with Crippen LogP contribution in [0.25, 0.3) is 16.5 Å². The van der Waals surface area contributed by atoms with Gasteiger partial charge in [-0.25, -0.2) is 9.97 Å². The number of aromatic nitrogens is 2. The number of anilines is 3. The molecule has 1 aliphatic carbocycles. The van der Waals surface area contributed by atoms with E-state index in [2.05, 4.69) is 34.1 Å². The standard InChI is InChI=1S/C32H33N5O/c1-4-5-8-22(3)30-27-9-6-7-10-28(27)36-32(37-30)34-26-15-13-24(14-16-26)31(38)35-29-19-23(12-11-21(29)2)20-33-25-17-18-25/h4-16,19,25,33H,17-18,20H2,1-3H3,(H,35,38)(H,34,36,37)/b5-4-,22-8+. The zero-order valence-corrected chi connectivity index (χ0v) is 22.1. The maximum Gasteiger partial charge on any atom is 0.255 e. The Morgan fingerprint density at radius 1 is 1.03 bits per heavy atom. The van der Waals surface area contributed by atoms with Crippen LogP contribution in [0.5, 0.6) is 0 Å². The lowest BCUT2D eigenvalue weighted by Crippen LogP contribution is -2.16. The van der Waals surface area contributed by atoms with Crippen molar-refractivity contribution < 1.29 is 4.79 Å². The first-order valence-corrected chi connectivity index (χ1v) is 13.1. The first kappa shape index (κ1) is 25.4. The van der Waals surface area contributed by atoms with Gasteiger partial charge in [-0.2, -0.15) is 0 Å². The Bertz CT molecular complexity index is 1520. The van der Waals surface area contributed by atoms with Gasteiger partial charge in [-0.1, -0.05) is 48.6 Å². The highest BCUT2D eigenvalue weighted by atomic mass is 16.1. The molecule has 0 atom stereocenters. The van der Waals surface area contributed by atoms with Crippen LogP contribution in [0.4, 0.5) is 17.3 Å². The molecule has 1 aromatic heterocycles. The third kappa shape index (κ3) is 6.15. The van der Waals surface area contributed by atoms with Crippen LogP contribution < -0.4 is 16.0 Å². The Balaban J connectivity index is 1.31. The summed E-state index contributed by atoms with van der Waals surface area (Å²) in [6.07, 6.45) is 8.55. The Morgan fingerprint density at radius 3 is 2.58 bits per heavy atom. The highest BCUT2D eigenvalue weighted by molar-refractivity contribution is 6.05. The van der Waals surface area contributed by atoms with E-state index < -0.39 is 0 Å². The summed E-state index contributed by atoms with van der Waals surface area (Å²) in [7, 11) is 0. The van der Waals surface area contributed by atoms with Crippen LogP contribution in [0.2, 0.25) is 0 Å². The van der Waals surface area contributed by atoms with Crippen LogP contribution in [0.1, 0.15) is 53.9 Å². The van der Waals surface area contributed by atoms with Crippen molar-refractivity contribution in [3.63, 3.8) is 0 Å². The Labute approximate surface area is 223 Å². The Hall–Kier alpha value is -4.29. The van der Waals surface area contributed by atoms with Crippen molar-refractivity contribution in [2.24, 2.45) is 0 Å². The van der Waals surface area contributed by atoms with Crippen molar-refractivity contribution in [3.8, 4) is 0 Å². The molecule has 1 saturated carbocycles. The zero-order chi connectivity index (χ0) is 26.5. The SMILES string of the molecule is C/C=C\C=C(/C)c1nc(Nc2ccc(C(=O)Nc3cc(CNC4CC4)ccc3C)cc2)nc2ccccc12. The maximum absolute atomic E-state index is 13.0. The lowest BCUT2D eigenvalue weighted by Gasteiger charge is -2.12. The van der Waals surface area contributed by atoms with Crippen molar-refractivity contribution >= 4 is 39.7 Å². The highest BCUT2D eigenvalue weighted by Gasteiger charge is 2.20. The monoisotopic (exact) mass is 503 g/mol. The minimum atomic E-state index is -0.138. The third-order valence-corrected chi connectivity index (χ3v) is 6.64. The van der Waals surface area contributed by atoms with Crippen molar-refractivity contribution in [1.29, 1.82) is 0 Å². The van der Waals surface area contributed by atoms with Gasteiger partial charge in [-0.05, 0) is 86.7 Å². The molecule has 0 saturated heterocycles. The van der Waals surface area contributed by atoms with Crippen LogP contribution in [0, 0.1) is 6.92 Å². The van der Waals surface area contributed by atoms with E-state index >= 15 is 0 Å². The summed E-state index contributed by atoms with van der Waals surface area (Å²) in [5.41, 5.74) is 7.25. The van der Waals surface area contributed by atoms with E-state index in [1.54, 1.807) is 0 Å². The molecule has 3 aromatic carbocycles. The van der Waals surface area contributed by atoms with Crippen LogP contribution in [0.3, 0.4) is 0 Å². The number of allylic oxidation sites excluding steroid dienone is 4. The van der Waals surface area contributed by atoms with E-state index in [1.807, 2.05) is 87.5 Å². The lowest BCUT2D eigenvalue weighted by atomic mass is 10.1. The Kier molecular flexibility index (Phi) is 7.61. The number of benzene rings is 3. The first-order chi connectivity index (χ1) is 18.5. The van der Waals surface area contributed by atoms with Crippen molar-refractivity contribution in [3.05, 3.63) is 107 Å². The number of nitrogens with zero attached hydrogens (tertiary/aromatic N) is 2. The molecule has 0 bridgehead atoms. The molecule has 38 heavy (non-hydrogen) atoms. The summed E-state index contributed by atoms with van der Waals surface area (Å²) in [6, 6.07) is 22.2. The molecule has 6 nitrogen and oxygen atoms in total. The van der Waals surface area contributed by atoms with Gasteiger partial charge in [0, 0.05) is 34.9 Å². The number of fused-ring (bicyclic) bond motifs is 1. The summed E-state index contributed by atoms with van der Waals surface area (Å²) >= 11 is 0. The largest absolute Gasteiger partial charge is 0.324 e.